The van der Waals surface area contributed by atoms with Gasteiger partial charge < -0.3 is 26.0 Å². The number of hydrogen-bond donors (Lipinski definition) is 2. The molecule has 2 aromatic rings. The van der Waals surface area contributed by atoms with E-state index in [2.05, 4.69) is 9.88 Å². The second kappa shape index (κ2) is 8.03. The van der Waals surface area contributed by atoms with Gasteiger partial charge in [-0.2, -0.15) is 0 Å². The fourth-order valence-corrected chi connectivity index (χ4v) is 4.37. The van der Waals surface area contributed by atoms with Crippen LogP contribution >= 0.6 is 0 Å². The van der Waals surface area contributed by atoms with E-state index in [1.54, 1.807) is 12.3 Å². The Balaban J connectivity index is 1.90. The van der Waals surface area contributed by atoms with Crippen molar-refractivity contribution in [3.05, 3.63) is 39.6 Å². The van der Waals surface area contributed by atoms with E-state index in [0.717, 1.165) is 24.8 Å². The van der Waals surface area contributed by atoms with Crippen LogP contribution in [0.4, 0.5) is 17.1 Å². The Kier molecular flexibility index (Phi) is 5.40. The van der Waals surface area contributed by atoms with Crippen LogP contribution in [-0.2, 0) is 6.42 Å². The van der Waals surface area contributed by atoms with Crippen molar-refractivity contribution >= 4 is 23.0 Å². The number of aryl methyl sites for hydroxylation is 1. The van der Waals surface area contributed by atoms with Gasteiger partial charge in [-0.25, -0.2) is 4.98 Å². The molecule has 0 radical (unpaired) electrons. The molecule has 31 heavy (non-hydrogen) atoms. The van der Waals surface area contributed by atoms with E-state index in [-0.39, 0.29) is 16.9 Å². The number of carbonyl (C=O) groups is 1. The number of likely N-dealkylation sites (N-methyl/N-ethyl adjacent to an activating group) is 1. The standard InChI is InChI=1S/C21H26N6O4/c1-25(2)14-5-6-26(11-14)16-9-15(19(27(29)30)18(22)17(16)20(23)28)13-8-12-4-3-7-31-21(12)24-10-13/h8-10,14H,3-7,11,22H2,1-2H3,(H2,23,28). The van der Waals surface area contributed by atoms with Gasteiger partial charge in [-0.15, -0.1) is 0 Å². The lowest BCUT2D eigenvalue weighted by molar-refractivity contribution is -0.383. The lowest BCUT2D eigenvalue weighted by Crippen LogP contribution is -2.32. The number of benzene rings is 1. The van der Waals surface area contributed by atoms with Gasteiger partial charge in [0.05, 0.1) is 28.3 Å². The van der Waals surface area contributed by atoms with Crippen LogP contribution < -0.4 is 21.1 Å². The highest BCUT2D eigenvalue weighted by molar-refractivity contribution is 6.08. The first-order valence-corrected chi connectivity index (χ1v) is 10.2. The minimum atomic E-state index is -0.785. The van der Waals surface area contributed by atoms with Crippen LogP contribution in [0.5, 0.6) is 5.88 Å². The number of ether oxygens (including phenoxy) is 1. The number of primary amides is 1. The second-order valence-electron chi connectivity index (χ2n) is 8.19. The summed E-state index contributed by atoms with van der Waals surface area (Å²) in [5.41, 5.74) is 13.5. The van der Waals surface area contributed by atoms with Crippen LogP contribution in [0.1, 0.15) is 28.8 Å². The van der Waals surface area contributed by atoms with E-state index in [0.29, 0.717) is 48.4 Å². The molecule has 10 nitrogen and oxygen atoms in total. The molecule has 2 aliphatic heterocycles. The number of nitrogen functional groups attached to an aromatic ring is 1. The van der Waals surface area contributed by atoms with E-state index in [9.17, 15) is 14.9 Å². The average Bonchev–Trinajstić information content (AvgIpc) is 3.22. The number of nitro groups is 1. The van der Waals surface area contributed by atoms with Gasteiger partial charge in [-0.3, -0.25) is 14.9 Å². The average molecular weight is 426 g/mol. The molecular formula is C21H26N6O4. The monoisotopic (exact) mass is 426 g/mol. The molecule has 1 atom stereocenters. The summed E-state index contributed by atoms with van der Waals surface area (Å²) >= 11 is 0. The van der Waals surface area contributed by atoms with Crippen molar-refractivity contribution in [3.63, 3.8) is 0 Å². The molecule has 2 aliphatic rings. The number of nitrogens with zero attached hydrogens (tertiary/aromatic N) is 4. The first-order chi connectivity index (χ1) is 14.8. The summed E-state index contributed by atoms with van der Waals surface area (Å²) in [5.74, 6) is -0.236. The summed E-state index contributed by atoms with van der Waals surface area (Å²) in [4.78, 5) is 32.2. The van der Waals surface area contributed by atoms with Gasteiger partial charge in [-0.05, 0) is 45.5 Å². The SMILES string of the molecule is CN(C)C1CCN(c2cc(-c3cnc4c(c3)CCCO4)c([N+](=O)[O-])c(N)c2C(N)=O)C1. The quantitative estimate of drug-likeness (QED) is 0.419. The van der Waals surface area contributed by atoms with Crippen LogP contribution in [0.25, 0.3) is 11.1 Å². The summed E-state index contributed by atoms with van der Waals surface area (Å²) in [5, 5.41) is 12.0. The third-order valence-corrected chi connectivity index (χ3v) is 6.05. The number of pyridine rings is 1. The number of nitro benzene ring substituents is 1. The Labute approximate surface area is 179 Å². The van der Waals surface area contributed by atoms with Crippen LogP contribution in [0.15, 0.2) is 18.3 Å². The maximum absolute atomic E-state index is 12.3. The highest BCUT2D eigenvalue weighted by Gasteiger charge is 2.33. The highest BCUT2D eigenvalue weighted by atomic mass is 16.6. The molecule has 1 amide bonds. The van der Waals surface area contributed by atoms with Gasteiger partial charge in [-0.1, -0.05) is 0 Å². The molecule has 4 N–H and O–H groups in total. The predicted molar refractivity (Wildman–Crippen MR) is 117 cm³/mol. The fourth-order valence-electron chi connectivity index (χ4n) is 4.37. The Morgan fingerprint density at radius 3 is 2.81 bits per heavy atom. The molecule has 1 unspecified atom stereocenters. The zero-order chi connectivity index (χ0) is 22.3. The van der Waals surface area contributed by atoms with Gasteiger partial charge >= 0.3 is 5.69 Å². The normalized spacial score (nSPS) is 18.0. The third kappa shape index (κ3) is 3.74. The number of hydrogen-bond acceptors (Lipinski definition) is 8. The molecule has 10 heteroatoms. The molecule has 0 aliphatic carbocycles. The maximum Gasteiger partial charge on any atom is 0.300 e. The fraction of sp³-hybridized carbons (Fsp3) is 0.429. The molecule has 3 heterocycles. The van der Waals surface area contributed by atoms with Crippen molar-refractivity contribution in [1.29, 1.82) is 0 Å². The minimum absolute atomic E-state index is 0.0101. The molecule has 4 rings (SSSR count). The van der Waals surface area contributed by atoms with Gasteiger partial charge in [0.1, 0.15) is 5.69 Å². The maximum atomic E-state index is 12.3. The summed E-state index contributed by atoms with van der Waals surface area (Å²) in [7, 11) is 4.00. The van der Waals surface area contributed by atoms with Gasteiger partial charge in [0.15, 0.2) is 0 Å². The van der Waals surface area contributed by atoms with Gasteiger partial charge in [0.25, 0.3) is 5.91 Å². The number of anilines is 2. The molecule has 0 spiro atoms. The van der Waals surface area contributed by atoms with E-state index in [1.165, 1.54) is 0 Å². The van der Waals surface area contributed by atoms with Crippen molar-refractivity contribution < 1.29 is 14.5 Å². The smallest absolute Gasteiger partial charge is 0.300 e. The van der Waals surface area contributed by atoms with Crippen LogP contribution in [0, 0.1) is 10.1 Å². The largest absolute Gasteiger partial charge is 0.477 e. The van der Waals surface area contributed by atoms with Crippen LogP contribution in [0.3, 0.4) is 0 Å². The molecule has 0 bridgehead atoms. The third-order valence-electron chi connectivity index (χ3n) is 6.05. The van der Waals surface area contributed by atoms with Crippen molar-refractivity contribution in [3.8, 4) is 17.0 Å². The van der Waals surface area contributed by atoms with E-state index in [4.69, 9.17) is 16.2 Å². The summed E-state index contributed by atoms with van der Waals surface area (Å²) < 4.78 is 5.56. The Morgan fingerprint density at radius 2 is 2.16 bits per heavy atom. The van der Waals surface area contributed by atoms with E-state index in [1.807, 2.05) is 25.1 Å². The molecule has 1 aromatic carbocycles. The van der Waals surface area contributed by atoms with Gasteiger partial charge in [0.2, 0.25) is 5.88 Å². The van der Waals surface area contributed by atoms with Crippen molar-refractivity contribution in [2.24, 2.45) is 5.73 Å². The first kappa shape index (κ1) is 20.9. The molecule has 1 aromatic heterocycles. The second-order valence-corrected chi connectivity index (χ2v) is 8.19. The molecule has 1 fully saturated rings. The molecule has 0 saturated carbocycles. The first-order valence-electron chi connectivity index (χ1n) is 10.2. The van der Waals surface area contributed by atoms with Crippen molar-refractivity contribution in [2.75, 3.05) is 44.4 Å². The molecular weight excluding hydrogens is 400 g/mol. The van der Waals surface area contributed by atoms with E-state index < -0.39 is 10.8 Å². The topological polar surface area (TPSA) is 141 Å². The number of aromatic nitrogens is 1. The number of carbonyl (C=O) groups excluding carboxylic acids is 1. The number of nitrogens with two attached hydrogens (primary N) is 2. The zero-order valence-electron chi connectivity index (χ0n) is 17.6. The lowest BCUT2D eigenvalue weighted by Gasteiger charge is -2.25. The Hall–Kier alpha value is -3.40. The lowest BCUT2D eigenvalue weighted by atomic mass is 9.96. The summed E-state index contributed by atoms with van der Waals surface area (Å²) in [6.45, 7) is 1.96. The van der Waals surface area contributed by atoms with Crippen molar-refractivity contribution in [1.82, 2.24) is 9.88 Å². The summed E-state index contributed by atoms with van der Waals surface area (Å²) in [6, 6.07) is 3.80. The van der Waals surface area contributed by atoms with Crippen LogP contribution in [0.2, 0.25) is 0 Å². The van der Waals surface area contributed by atoms with Crippen LogP contribution in [-0.4, -0.2) is 60.5 Å². The minimum Gasteiger partial charge on any atom is -0.477 e. The number of fused-ring (bicyclic) bond motifs is 1. The summed E-state index contributed by atoms with van der Waals surface area (Å²) in [6.07, 6.45) is 4.08. The van der Waals surface area contributed by atoms with Crippen molar-refractivity contribution in [2.45, 2.75) is 25.3 Å². The Bertz CT molecular complexity index is 1050. The highest BCUT2D eigenvalue weighted by Crippen LogP contribution is 2.43. The Morgan fingerprint density at radius 1 is 1.39 bits per heavy atom. The van der Waals surface area contributed by atoms with E-state index >= 15 is 0 Å². The van der Waals surface area contributed by atoms with Gasteiger partial charge in [0, 0.05) is 36.5 Å². The molecule has 1 saturated heterocycles. The predicted octanol–water partition coefficient (Wildman–Crippen LogP) is 1.80. The number of amides is 1. The number of rotatable bonds is 5. The zero-order valence-corrected chi connectivity index (χ0v) is 17.6. The molecule has 164 valence electrons.